The third-order valence-corrected chi connectivity index (χ3v) is 3.58. The number of carbonyl (C=O) groups excluding carboxylic acids is 1. The third-order valence-electron chi connectivity index (χ3n) is 3.58. The Labute approximate surface area is 119 Å². The van der Waals surface area contributed by atoms with Gasteiger partial charge in [-0.2, -0.15) is 0 Å². The normalized spacial score (nSPS) is 16.0. The second kappa shape index (κ2) is 7.14. The lowest BCUT2D eigenvalue weighted by Gasteiger charge is -2.31. The third kappa shape index (κ3) is 3.87. The molecule has 0 aromatic heterocycles. The lowest BCUT2D eigenvalue weighted by Crippen LogP contribution is -2.41. The highest BCUT2D eigenvalue weighted by molar-refractivity contribution is 5.89. The standard InChI is InChI=1S/C15H22N2O3/c1-2-20-14-5-3-13(4-6-14)16-15(19)17-9-7-12(11-18)8-10-17/h3-6,12,18H,2,7-11H2,1H3,(H,16,19). The predicted octanol–water partition coefficient (Wildman–Crippen LogP) is 2.32. The maximum atomic E-state index is 12.1. The van der Waals surface area contributed by atoms with Crippen LogP contribution in [0.15, 0.2) is 24.3 Å². The van der Waals surface area contributed by atoms with Gasteiger partial charge < -0.3 is 20.1 Å². The van der Waals surface area contributed by atoms with Crippen molar-refractivity contribution in [3.05, 3.63) is 24.3 Å². The van der Waals surface area contributed by atoms with E-state index < -0.39 is 0 Å². The molecule has 1 heterocycles. The highest BCUT2D eigenvalue weighted by Gasteiger charge is 2.22. The zero-order valence-corrected chi connectivity index (χ0v) is 11.8. The zero-order valence-electron chi connectivity index (χ0n) is 11.8. The van der Waals surface area contributed by atoms with Gasteiger partial charge in [0.05, 0.1) is 6.61 Å². The minimum Gasteiger partial charge on any atom is -0.494 e. The van der Waals surface area contributed by atoms with E-state index in [1.54, 1.807) is 4.90 Å². The van der Waals surface area contributed by atoms with Gasteiger partial charge in [0, 0.05) is 25.4 Å². The minimum atomic E-state index is -0.0782. The molecule has 2 N–H and O–H groups in total. The molecule has 5 heteroatoms. The van der Waals surface area contributed by atoms with Crippen LogP contribution in [0.2, 0.25) is 0 Å². The summed E-state index contributed by atoms with van der Waals surface area (Å²) in [4.78, 5) is 13.9. The van der Waals surface area contributed by atoms with E-state index in [0.29, 0.717) is 25.6 Å². The molecule has 5 nitrogen and oxygen atoms in total. The lowest BCUT2D eigenvalue weighted by molar-refractivity contribution is 0.143. The second-order valence-electron chi connectivity index (χ2n) is 5.00. The highest BCUT2D eigenvalue weighted by Crippen LogP contribution is 2.19. The summed E-state index contributed by atoms with van der Waals surface area (Å²) in [6, 6.07) is 7.28. The molecule has 0 atom stereocenters. The smallest absolute Gasteiger partial charge is 0.321 e. The molecule has 110 valence electrons. The molecule has 1 saturated heterocycles. The number of carbonyl (C=O) groups is 1. The maximum absolute atomic E-state index is 12.1. The second-order valence-corrected chi connectivity index (χ2v) is 5.00. The van der Waals surface area contributed by atoms with Gasteiger partial charge in [-0.3, -0.25) is 0 Å². The van der Waals surface area contributed by atoms with Crippen LogP contribution >= 0.6 is 0 Å². The zero-order chi connectivity index (χ0) is 14.4. The highest BCUT2D eigenvalue weighted by atomic mass is 16.5. The van der Waals surface area contributed by atoms with E-state index in [1.807, 2.05) is 31.2 Å². The van der Waals surface area contributed by atoms with Crippen LogP contribution in [0.25, 0.3) is 0 Å². The fourth-order valence-corrected chi connectivity index (χ4v) is 2.32. The number of ether oxygens (including phenoxy) is 1. The molecule has 2 amide bonds. The summed E-state index contributed by atoms with van der Waals surface area (Å²) in [5.74, 6) is 1.14. The molecule has 20 heavy (non-hydrogen) atoms. The van der Waals surface area contributed by atoms with Gasteiger partial charge in [0.15, 0.2) is 0 Å². The number of likely N-dealkylation sites (tertiary alicyclic amines) is 1. The number of aliphatic hydroxyl groups is 1. The van der Waals surface area contributed by atoms with Crippen LogP contribution in [-0.2, 0) is 0 Å². The quantitative estimate of drug-likeness (QED) is 0.888. The van der Waals surface area contributed by atoms with Crippen LogP contribution in [0.1, 0.15) is 19.8 Å². The molecule has 2 rings (SSSR count). The summed E-state index contributed by atoms with van der Waals surface area (Å²) < 4.78 is 5.36. The SMILES string of the molecule is CCOc1ccc(NC(=O)N2CCC(CO)CC2)cc1. The monoisotopic (exact) mass is 278 g/mol. The number of anilines is 1. The van der Waals surface area contributed by atoms with Crippen LogP contribution in [0.3, 0.4) is 0 Å². The van der Waals surface area contributed by atoms with Crippen molar-refractivity contribution < 1.29 is 14.6 Å². The fraction of sp³-hybridized carbons (Fsp3) is 0.533. The molecule has 0 unspecified atom stereocenters. The van der Waals surface area contributed by atoms with E-state index in [1.165, 1.54) is 0 Å². The number of rotatable bonds is 4. The molecular formula is C15H22N2O3. The summed E-state index contributed by atoms with van der Waals surface area (Å²) >= 11 is 0. The van der Waals surface area contributed by atoms with Crippen LogP contribution < -0.4 is 10.1 Å². The predicted molar refractivity (Wildman–Crippen MR) is 78.0 cm³/mol. The number of aliphatic hydroxyl groups excluding tert-OH is 1. The Bertz CT molecular complexity index is 425. The first-order chi connectivity index (χ1) is 9.72. The van der Waals surface area contributed by atoms with Crippen molar-refractivity contribution in [3.8, 4) is 5.75 Å². The Balaban J connectivity index is 1.85. The molecular weight excluding hydrogens is 256 g/mol. The van der Waals surface area contributed by atoms with Gasteiger partial charge in [-0.05, 0) is 49.9 Å². The number of hydrogen-bond donors (Lipinski definition) is 2. The largest absolute Gasteiger partial charge is 0.494 e. The van der Waals surface area contributed by atoms with E-state index in [4.69, 9.17) is 9.84 Å². The van der Waals surface area contributed by atoms with E-state index in [2.05, 4.69) is 5.32 Å². The summed E-state index contributed by atoms with van der Waals surface area (Å²) in [5.41, 5.74) is 0.766. The summed E-state index contributed by atoms with van der Waals surface area (Å²) in [6.45, 7) is 4.19. The average molecular weight is 278 g/mol. The van der Waals surface area contributed by atoms with Gasteiger partial charge in [0.1, 0.15) is 5.75 Å². The molecule has 1 aliphatic heterocycles. The fourth-order valence-electron chi connectivity index (χ4n) is 2.32. The summed E-state index contributed by atoms with van der Waals surface area (Å²) in [5, 5.41) is 12.0. The molecule has 0 bridgehead atoms. The van der Waals surface area contributed by atoms with Gasteiger partial charge in [-0.1, -0.05) is 0 Å². The Morgan fingerprint density at radius 3 is 2.55 bits per heavy atom. The van der Waals surface area contributed by atoms with Crippen molar-refractivity contribution in [3.63, 3.8) is 0 Å². The lowest BCUT2D eigenvalue weighted by atomic mass is 9.98. The van der Waals surface area contributed by atoms with Crippen LogP contribution in [-0.4, -0.2) is 42.3 Å². The van der Waals surface area contributed by atoms with Crippen molar-refractivity contribution in [2.45, 2.75) is 19.8 Å². The average Bonchev–Trinajstić information content (AvgIpc) is 2.49. The van der Waals surface area contributed by atoms with E-state index >= 15 is 0 Å². The van der Waals surface area contributed by atoms with Gasteiger partial charge >= 0.3 is 6.03 Å². The topological polar surface area (TPSA) is 61.8 Å². The number of hydrogen-bond acceptors (Lipinski definition) is 3. The van der Waals surface area contributed by atoms with Crippen molar-refractivity contribution in [2.24, 2.45) is 5.92 Å². The van der Waals surface area contributed by atoms with E-state index in [9.17, 15) is 4.79 Å². The van der Waals surface area contributed by atoms with Gasteiger partial charge in [-0.15, -0.1) is 0 Å². The number of nitrogens with one attached hydrogen (secondary N) is 1. The van der Waals surface area contributed by atoms with Crippen LogP contribution in [0.4, 0.5) is 10.5 Å². The Kier molecular flexibility index (Phi) is 5.24. The molecule has 0 saturated carbocycles. The van der Waals surface area contributed by atoms with Gasteiger partial charge in [-0.25, -0.2) is 4.79 Å². The molecule has 0 spiro atoms. The first-order valence-electron chi connectivity index (χ1n) is 7.12. The minimum absolute atomic E-state index is 0.0782. The Morgan fingerprint density at radius 1 is 1.35 bits per heavy atom. The number of piperidine rings is 1. The molecule has 1 fully saturated rings. The maximum Gasteiger partial charge on any atom is 0.321 e. The number of amides is 2. The molecule has 0 aliphatic carbocycles. The molecule has 1 aromatic carbocycles. The number of nitrogens with zero attached hydrogens (tertiary/aromatic N) is 1. The number of urea groups is 1. The first kappa shape index (κ1) is 14.7. The molecule has 1 aromatic rings. The van der Waals surface area contributed by atoms with Crippen molar-refractivity contribution in [1.82, 2.24) is 4.90 Å². The van der Waals surface area contributed by atoms with Crippen molar-refractivity contribution >= 4 is 11.7 Å². The van der Waals surface area contributed by atoms with Crippen molar-refractivity contribution in [2.75, 3.05) is 31.6 Å². The van der Waals surface area contributed by atoms with Gasteiger partial charge in [0.2, 0.25) is 0 Å². The van der Waals surface area contributed by atoms with Crippen molar-refractivity contribution in [1.29, 1.82) is 0 Å². The van der Waals surface area contributed by atoms with Crippen LogP contribution in [0, 0.1) is 5.92 Å². The summed E-state index contributed by atoms with van der Waals surface area (Å²) in [7, 11) is 0. The van der Waals surface area contributed by atoms with Gasteiger partial charge in [0.25, 0.3) is 0 Å². The molecule has 1 aliphatic rings. The van der Waals surface area contributed by atoms with E-state index in [0.717, 1.165) is 24.3 Å². The number of benzene rings is 1. The Hall–Kier alpha value is -1.75. The first-order valence-corrected chi connectivity index (χ1v) is 7.12. The summed E-state index contributed by atoms with van der Waals surface area (Å²) in [6.07, 6.45) is 1.74. The Morgan fingerprint density at radius 2 is 2.00 bits per heavy atom. The van der Waals surface area contributed by atoms with Crippen LogP contribution in [0.5, 0.6) is 5.75 Å². The molecule has 0 radical (unpaired) electrons. The van der Waals surface area contributed by atoms with E-state index in [-0.39, 0.29) is 12.6 Å².